The number of carboxylic acids is 1. The number of pyridine rings is 1. The van der Waals surface area contributed by atoms with Crippen molar-refractivity contribution in [2.45, 2.75) is 32.2 Å². The van der Waals surface area contributed by atoms with Crippen LogP contribution in [0.1, 0.15) is 41.5 Å². The maximum Gasteiger partial charge on any atom is 0.433 e. The zero-order valence-corrected chi connectivity index (χ0v) is 12.4. The van der Waals surface area contributed by atoms with Gasteiger partial charge >= 0.3 is 12.1 Å². The topological polar surface area (TPSA) is 75.4 Å². The van der Waals surface area contributed by atoms with Gasteiger partial charge in [0.15, 0.2) is 0 Å². The van der Waals surface area contributed by atoms with E-state index < -0.39 is 30.0 Å². The number of aryl methyl sites for hydroxylation is 1. The van der Waals surface area contributed by atoms with Crippen molar-refractivity contribution in [1.29, 1.82) is 0 Å². The van der Waals surface area contributed by atoms with Crippen molar-refractivity contribution < 1.29 is 28.2 Å². The largest absolute Gasteiger partial charge is 0.480 e. The second-order valence-corrected chi connectivity index (χ2v) is 5.24. The van der Waals surface area contributed by atoms with Crippen LogP contribution in [0.3, 0.4) is 0 Å². The highest BCUT2D eigenvalue weighted by molar-refractivity contribution is 5.71. The lowest BCUT2D eigenvalue weighted by atomic mass is 10.0. The van der Waals surface area contributed by atoms with Crippen LogP contribution >= 0.6 is 0 Å². The molecule has 0 fully saturated rings. The third-order valence-electron chi connectivity index (χ3n) is 3.58. The fourth-order valence-electron chi connectivity index (χ4n) is 2.15. The first-order valence-corrected chi connectivity index (χ1v) is 6.73. The second-order valence-electron chi connectivity index (χ2n) is 5.24. The van der Waals surface area contributed by atoms with Crippen LogP contribution < -0.4 is 0 Å². The Hall–Kier alpha value is -2.35. The average molecular weight is 328 g/mol. The lowest BCUT2D eigenvalue weighted by Gasteiger charge is -2.12. The number of halogens is 3. The van der Waals surface area contributed by atoms with Gasteiger partial charge in [-0.15, -0.1) is 0 Å². The van der Waals surface area contributed by atoms with Crippen LogP contribution in [-0.2, 0) is 11.0 Å². The third kappa shape index (κ3) is 3.53. The molecule has 0 aliphatic carbocycles. The Balaban J connectivity index is 2.30. The average Bonchev–Trinajstić information content (AvgIpc) is 2.86. The Bertz CT molecular complexity index is 708. The van der Waals surface area contributed by atoms with E-state index in [2.05, 4.69) is 4.98 Å². The maximum absolute atomic E-state index is 12.5. The summed E-state index contributed by atoms with van der Waals surface area (Å²) in [6, 6.07) is 1.13. The summed E-state index contributed by atoms with van der Waals surface area (Å²) in [6.07, 6.45) is -1.73. The molecule has 0 amide bonds. The Morgan fingerprint density at radius 1 is 1.30 bits per heavy atom. The van der Waals surface area contributed by atoms with E-state index in [-0.39, 0.29) is 5.56 Å². The molecule has 5 nitrogen and oxygen atoms in total. The van der Waals surface area contributed by atoms with Crippen LogP contribution in [0.15, 0.2) is 30.7 Å². The molecule has 23 heavy (non-hydrogen) atoms. The number of aromatic nitrogens is 2. The Kier molecular flexibility index (Phi) is 4.46. The first-order valence-electron chi connectivity index (χ1n) is 6.73. The number of hydrogen-bond donors (Lipinski definition) is 2. The highest BCUT2D eigenvalue weighted by atomic mass is 19.4. The van der Waals surface area contributed by atoms with Gasteiger partial charge in [0.05, 0.1) is 0 Å². The number of aliphatic carboxylic acids is 1. The summed E-state index contributed by atoms with van der Waals surface area (Å²) in [7, 11) is 0. The number of rotatable bonds is 4. The molecule has 0 radical (unpaired) electrons. The van der Waals surface area contributed by atoms with E-state index in [1.165, 1.54) is 17.7 Å². The van der Waals surface area contributed by atoms with Crippen LogP contribution in [0.25, 0.3) is 0 Å². The van der Waals surface area contributed by atoms with Crippen molar-refractivity contribution in [3.8, 4) is 0 Å². The number of carbonyl (C=O) groups is 1. The molecule has 0 aromatic carbocycles. The van der Waals surface area contributed by atoms with Gasteiger partial charge < -0.3 is 14.8 Å². The minimum atomic E-state index is -4.54. The first kappa shape index (κ1) is 17.0. The van der Waals surface area contributed by atoms with Gasteiger partial charge in [-0.05, 0) is 25.5 Å². The van der Waals surface area contributed by atoms with E-state index in [0.29, 0.717) is 11.1 Å². The summed E-state index contributed by atoms with van der Waals surface area (Å²) in [6.45, 7) is 3.17. The van der Waals surface area contributed by atoms with Crippen LogP contribution in [0.5, 0.6) is 0 Å². The molecule has 0 bridgehead atoms. The SMILES string of the molecule is Cc1cn(C(C)C(=O)O)cc1C(O)c1ccc(C(F)(F)F)nc1. The molecule has 0 saturated heterocycles. The molecule has 0 saturated carbocycles. The summed E-state index contributed by atoms with van der Waals surface area (Å²) in [5, 5.41) is 19.3. The number of hydrogen-bond acceptors (Lipinski definition) is 3. The molecule has 8 heteroatoms. The Morgan fingerprint density at radius 3 is 2.43 bits per heavy atom. The van der Waals surface area contributed by atoms with Crippen molar-refractivity contribution in [3.63, 3.8) is 0 Å². The Labute approximate surface area is 130 Å². The molecule has 2 aromatic rings. The predicted molar refractivity (Wildman–Crippen MR) is 74.8 cm³/mol. The second kappa shape index (κ2) is 6.04. The lowest BCUT2D eigenvalue weighted by molar-refractivity contribution is -0.141. The van der Waals surface area contributed by atoms with Crippen molar-refractivity contribution in [3.05, 3.63) is 53.1 Å². The third-order valence-corrected chi connectivity index (χ3v) is 3.58. The quantitative estimate of drug-likeness (QED) is 0.905. The molecule has 0 aliphatic heterocycles. The number of aliphatic hydroxyl groups is 1. The number of aliphatic hydroxyl groups excluding tert-OH is 1. The zero-order valence-electron chi connectivity index (χ0n) is 12.4. The summed E-state index contributed by atoms with van der Waals surface area (Å²) in [5.41, 5.74) is 0.203. The van der Waals surface area contributed by atoms with E-state index in [1.807, 2.05) is 0 Å². The minimum Gasteiger partial charge on any atom is -0.480 e. The van der Waals surface area contributed by atoms with Crippen molar-refractivity contribution in [2.24, 2.45) is 0 Å². The monoisotopic (exact) mass is 328 g/mol. The molecular weight excluding hydrogens is 313 g/mol. The van der Waals surface area contributed by atoms with Gasteiger partial charge in [-0.2, -0.15) is 13.2 Å². The van der Waals surface area contributed by atoms with Gasteiger partial charge in [0.2, 0.25) is 0 Å². The van der Waals surface area contributed by atoms with Gasteiger partial charge in [-0.1, -0.05) is 6.07 Å². The van der Waals surface area contributed by atoms with E-state index >= 15 is 0 Å². The first-order chi connectivity index (χ1) is 10.6. The van der Waals surface area contributed by atoms with Crippen molar-refractivity contribution in [1.82, 2.24) is 9.55 Å². The molecule has 2 heterocycles. The summed E-state index contributed by atoms with van der Waals surface area (Å²) < 4.78 is 38.9. The minimum absolute atomic E-state index is 0.196. The van der Waals surface area contributed by atoms with Crippen molar-refractivity contribution >= 4 is 5.97 Å². The van der Waals surface area contributed by atoms with E-state index in [1.54, 1.807) is 13.1 Å². The van der Waals surface area contributed by atoms with Crippen molar-refractivity contribution in [2.75, 3.05) is 0 Å². The molecule has 2 N–H and O–H groups in total. The van der Waals surface area contributed by atoms with Crippen LogP contribution in [0, 0.1) is 6.92 Å². The summed E-state index contributed by atoms with van der Waals surface area (Å²) in [5.74, 6) is -1.03. The number of alkyl halides is 3. The summed E-state index contributed by atoms with van der Waals surface area (Å²) in [4.78, 5) is 14.3. The molecule has 0 aliphatic rings. The van der Waals surface area contributed by atoms with E-state index in [4.69, 9.17) is 5.11 Å². The molecule has 2 rings (SSSR count). The van der Waals surface area contributed by atoms with Gasteiger partial charge in [-0.25, -0.2) is 4.79 Å². The standard InChI is InChI=1S/C15H15F3N2O3/c1-8-6-20(9(2)14(22)23)7-11(8)13(21)10-3-4-12(19-5-10)15(16,17)18/h3-7,9,13,21H,1-2H3,(H,22,23). The van der Waals surface area contributed by atoms with Crippen LogP contribution in [-0.4, -0.2) is 25.7 Å². The van der Waals surface area contributed by atoms with Gasteiger partial charge in [-0.3, -0.25) is 4.98 Å². The zero-order chi connectivity index (χ0) is 17.4. The smallest absolute Gasteiger partial charge is 0.433 e. The van der Waals surface area contributed by atoms with E-state index in [0.717, 1.165) is 18.3 Å². The molecule has 0 spiro atoms. The molecule has 2 unspecified atom stereocenters. The highest BCUT2D eigenvalue weighted by Gasteiger charge is 2.32. The summed E-state index contributed by atoms with van der Waals surface area (Å²) >= 11 is 0. The normalized spacial score (nSPS) is 14.5. The highest BCUT2D eigenvalue weighted by Crippen LogP contribution is 2.30. The Morgan fingerprint density at radius 2 is 1.96 bits per heavy atom. The molecule has 2 atom stereocenters. The fraction of sp³-hybridized carbons (Fsp3) is 0.333. The fourth-order valence-corrected chi connectivity index (χ4v) is 2.15. The molecule has 124 valence electrons. The van der Waals surface area contributed by atoms with E-state index in [9.17, 15) is 23.1 Å². The van der Waals surface area contributed by atoms with Gasteiger partial charge in [0.25, 0.3) is 0 Å². The number of nitrogens with zero attached hydrogens (tertiary/aromatic N) is 2. The molecule has 2 aromatic heterocycles. The maximum atomic E-state index is 12.5. The number of carboxylic acid groups (broad SMARTS) is 1. The van der Waals surface area contributed by atoms with Gasteiger partial charge in [0, 0.05) is 29.7 Å². The van der Waals surface area contributed by atoms with Gasteiger partial charge in [0.1, 0.15) is 17.8 Å². The predicted octanol–water partition coefficient (Wildman–Crippen LogP) is 2.94. The molecular formula is C15H15F3N2O3. The van der Waals surface area contributed by atoms with Crippen LogP contribution in [0.2, 0.25) is 0 Å². The van der Waals surface area contributed by atoms with Crippen LogP contribution in [0.4, 0.5) is 13.2 Å². The lowest BCUT2D eigenvalue weighted by Crippen LogP contribution is -2.13.